The van der Waals surface area contributed by atoms with E-state index >= 15 is 0 Å². The monoisotopic (exact) mass is 418 g/mol. The summed E-state index contributed by atoms with van der Waals surface area (Å²) < 4.78 is 5.74. The number of aryl methyl sites for hydroxylation is 2. The summed E-state index contributed by atoms with van der Waals surface area (Å²) in [6, 6.07) is 0.536. The van der Waals surface area contributed by atoms with Crippen molar-refractivity contribution in [3.8, 4) is 0 Å². The molecule has 0 amide bonds. The maximum absolute atomic E-state index is 5.74. The van der Waals surface area contributed by atoms with Crippen LogP contribution in [0.1, 0.15) is 56.9 Å². The summed E-state index contributed by atoms with van der Waals surface area (Å²) in [6.07, 6.45) is 4.81. The van der Waals surface area contributed by atoms with Crippen molar-refractivity contribution >= 4 is 5.96 Å². The van der Waals surface area contributed by atoms with Crippen molar-refractivity contribution in [3.05, 3.63) is 17.3 Å². The van der Waals surface area contributed by atoms with Crippen LogP contribution in [0, 0.1) is 25.7 Å². The number of rotatable bonds is 7. The number of nitrogens with one attached hydrogen (secondary N) is 2. The van der Waals surface area contributed by atoms with Crippen molar-refractivity contribution in [3.63, 3.8) is 0 Å². The fourth-order valence-corrected chi connectivity index (χ4v) is 4.55. The molecule has 2 aliphatic heterocycles. The molecule has 2 aliphatic rings. The van der Waals surface area contributed by atoms with Crippen LogP contribution in [0.4, 0.5) is 0 Å². The summed E-state index contributed by atoms with van der Waals surface area (Å²) in [7, 11) is 1.88. The minimum absolute atomic E-state index is 0.536. The van der Waals surface area contributed by atoms with Crippen molar-refractivity contribution in [2.24, 2.45) is 16.8 Å². The minimum atomic E-state index is 0.536. The van der Waals surface area contributed by atoms with Gasteiger partial charge < -0.3 is 20.0 Å². The molecular formula is C23H42N6O. The van der Waals surface area contributed by atoms with Gasteiger partial charge in [0.05, 0.1) is 12.2 Å². The number of hydrogen-bond donors (Lipinski definition) is 2. The average molecular weight is 419 g/mol. The quantitative estimate of drug-likeness (QED) is 0.524. The lowest BCUT2D eigenvalue weighted by atomic mass is 9.97. The number of aromatic nitrogens is 1. The molecule has 2 saturated heterocycles. The van der Waals surface area contributed by atoms with Gasteiger partial charge in [0.1, 0.15) is 5.76 Å². The maximum Gasteiger partial charge on any atom is 0.208 e. The SMILES string of the molecule is CN=C(NCC1CCN(Cc2nc(C)c(C)o2)CC1)NC1CCN(CC(C)C)CC1. The molecule has 2 fully saturated rings. The topological polar surface area (TPSA) is 68.9 Å². The molecule has 0 aromatic carbocycles. The van der Waals surface area contributed by atoms with Crippen LogP contribution in [0.15, 0.2) is 9.41 Å². The molecule has 7 heteroatoms. The molecule has 30 heavy (non-hydrogen) atoms. The molecule has 0 aliphatic carbocycles. The van der Waals surface area contributed by atoms with Gasteiger partial charge in [-0.2, -0.15) is 0 Å². The summed E-state index contributed by atoms with van der Waals surface area (Å²) in [6.45, 7) is 16.2. The lowest BCUT2D eigenvalue weighted by Crippen LogP contribution is -2.50. The first kappa shape index (κ1) is 23.1. The van der Waals surface area contributed by atoms with Crippen molar-refractivity contribution in [1.82, 2.24) is 25.4 Å². The molecular weight excluding hydrogens is 376 g/mol. The van der Waals surface area contributed by atoms with Gasteiger partial charge >= 0.3 is 0 Å². The molecule has 0 spiro atoms. The van der Waals surface area contributed by atoms with Gasteiger partial charge in [-0.3, -0.25) is 9.89 Å². The third kappa shape index (κ3) is 6.98. The molecule has 0 unspecified atom stereocenters. The van der Waals surface area contributed by atoms with Gasteiger partial charge in [-0.15, -0.1) is 0 Å². The number of oxazole rings is 1. The normalized spacial score (nSPS) is 20.8. The predicted molar refractivity (Wildman–Crippen MR) is 123 cm³/mol. The van der Waals surface area contributed by atoms with E-state index in [4.69, 9.17) is 4.42 Å². The lowest BCUT2D eigenvalue weighted by molar-refractivity contribution is 0.163. The van der Waals surface area contributed by atoms with Crippen LogP contribution in [0.25, 0.3) is 0 Å². The van der Waals surface area contributed by atoms with Gasteiger partial charge in [-0.05, 0) is 64.5 Å². The van der Waals surface area contributed by atoms with Crippen LogP contribution < -0.4 is 10.6 Å². The Kier molecular flexibility index (Phi) is 8.57. The zero-order chi connectivity index (χ0) is 21.5. The predicted octanol–water partition coefficient (Wildman–Crippen LogP) is 2.79. The molecule has 3 heterocycles. The van der Waals surface area contributed by atoms with Crippen molar-refractivity contribution in [2.45, 2.75) is 66.0 Å². The lowest BCUT2D eigenvalue weighted by Gasteiger charge is -2.34. The fraction of sp³-hybridized carbons (Fsp3) is 0.826. The van der Waals surface area contributed by atoms with Crippen molar-refractivity contribution in [2.75, 3.05) is 46.3 Å². The van der Waals surface area contributed by atoms with Crippen LogP contribution in [0.3, 0.4) is 0 Å². The first-order valence-electron chi connectivity index (χ1n) is 11.8. The maximum atomic E-state index is 5.74. The summed E-state index contributed by atoms with van der Waals surface area (Å²) in [5.41, 5.74) is 1.01. The number of nitrogens with zero attached hydrogens (tertiary/aromatic N) is 4. The van der Waals surface area contributed by atoms with Crippen LogP contribution in [0.2, 0.25) is 0 Å². The van der Waals surface area contributed by atoms with Gasteiger partial charge in [0.2, 0.25) is 5.89 Å². The second-order valence-electron chi connectivity index (χ2n) is 9.53. The Morgan fingerprint density at radius 3 is 2.33 bits per heavy atom. The molecule has 0 atom stereocenters. The van der Waals surface area contributed by atoms with E-state index in [2.05, 4.69) is 44.3 Å². The van der Waals surface area contributed by atoms with E-state index in [0.29, 0.717) is 12.0 Å². The van der Waals surface area contributed by atoms with E-state index in [1.165, 1.54) is 45.3 Å². The third-order valence-corrected chi connectivity index (χ3v) is 6.47. The molecule has 170 valence electrons. The number of likely N-dealkylation sites (tertiary alicyclic amines) is 2. The van der Waals surface area contributed by atoms with Crippen LogP contribution in [0.5, 0.6) is 0 Å². The Hall–Kier alpha value is -1.60. The summed E-state index contributed by atoms with van der Waals surface area (Å²) in [5, 5.41) is 7.23. The van der Waals surface area contributed by atoms with Crippen LogP contribution in [-0.2, 0) is 6.54 Å². The van der Waals surface area contributed by atoms with Gasteiger partial charge in [0.25, 0.3) is 0 Å². The molecule has 0 saturated carbocycles. The minimum Gasteiger partial charge on any atom is -0.444 e. The highest BCUT2D eigenvalue weighted by Gasteiger charge is 2.23. The van der Waals surface area contributed by atoms with E-state index < -0.39 is 0 Å². The molecule has 0 bridgehead atoms. The molecule has 1 aromatic heterocycles. The Morgan fingerprint density at radius 1 is 1.10 bits per heavy atom. The third-order valence-electron chi connectivity index (χ3n) is 6.47. The number of guanidine groups is 1. The zero-order valence-electron chi connectivity index (χ0n) is 19.7. The molecule has 3 rings (SSSR count). The Morgan fingerprint density at radius 2 is 1.77 bits per heavy atom. The second kappa shape index (κ2) is 11.1. The van der Waals surface area contributed by atoms with Crippen LogP contribution >= 0.6 is 0 Å². The van der Waals surface area contributed by atoms with Gasteiger partial charge in [0.15, 0.2) is 5.96 Å². The highest BCUT2D eigenvalue weighted by Crippen LogP contribution is 2.19. The molecule has 1 aromatic rings. The highest BCUT2D eigenvalue weighted by molar-refractivity contribution is 5.79. The number of piperidine rings is 2. The first-order valence-corrected chi connectivity index (χ1v) is 11.8. The Bertz CT molecular complexity index is 650. The first-order chi connectivity index (χ1) is 14.4. The van der Waals surface area contributed by atoms with Gasteiger partial charge in [-0.25, -0.2) is 4.98 Å². The Labute approximate surface area is 182 Å². The number of hydrogen-bond acceptors (Lipinski definition) is 5. The van der Waals surface area contributed by atoms with E-state index in [1.807, 2.05) is 20.9 Å². The summed E-state index contributed by atoms with van der Waals surface area (Å²) >= 11 is 0. The Balaban J connectivity index is 1.33. The largest absolute Gasteiger partial charge is 0.444 e. The summed E-state index contributed by atoms with van der Waals surface area (Å²) in [5.74, 6) is 4.20. The van der Waals surface area contributed by atoms with E-state index in [9.17, 15) is 0 Å². The zero-order valence-corrected chi connectivity index (χ0v) is 19.7. The van der Waals surface area contributed by atoms with Crippen molar-refractivity contribution < 1.29 is 4.42 Å². The molecule has 2 N–H and O–H groups in total. The average Bonchev–Trinajstić information content (AvgIpc) is 3.04. The van der Waals surface area contributed by atoms with Gasteiger partial charge in [0, 0.05) is 39.3 Å². The second-order valence-corrected chi connectivity index (χ2v) is 9.53. The molecule has 7 nitrogen and oxygen atoms in total. The van der Waals surface area contributed by atoms with E-state index in [-0.39, 0.29) is 0 Å². The summed E-state index contributed by atoms with van der Waals surface area (Å²) in [4.78, 5) is 14.0. The highest BCUT2D eigenvalue weighted by atomic mass is 16.4. The fourth-order valence-electron chi connectivity index (χ4n) is 4.55. The van der Waals surface area contributed by atoms with Gasteiger partial charge in [-0.1, -0.05) is 13.8 Å². The van der Waals surface area contributed by atoms with Crippen LogP contribution in [-0.4, -0.2) is 73.1 Å². The number of aliphatic imine (C=N–C) groups is 1. The smallest absolute Gasteiger partial charge is 0.208 e. The standard InChI is InChI=1S/C23H42N6O/c1-17(2)15-28-12-8-21(9-13-28)27-23(24-5)25-14-20-6-10-29(11-7-20)16-22-26-18(3)19(4)30-22/h17,20-21H,6-16H2,1-5H3,(H2,24,25,27). The van der Waals surface area contributed by atoms with E-state index in [0.717, 1.165) is 55.4 Å². The van der Waals surface area contributed by atoms with Crippen molar-refractivity contribution in [1.29, 1.82) is 0 Å². The van der Waals surface area contributed by atoms with E-state index in [1.54, 1.807) is 0 Å². The molecule has 0 radical (unpaired) electrons.